The first-order valence-electron chi connectivity index (χ1n) is 6.16. The van der Waals surface area contributed by atoms with E-state index in [0.717, 1.165) is 39.1 Å². The number of hydrogen-bond donors (Lipinski definition) is 1. The Labute approximate surface area is 103 Å². The van der Waals surface area contributed by atoms with Crippen molar-refractivity contribution in [2.45, 2.75) is 33.7 Å². The Balaban J connectivity index is 2.33. The molecule has 1 aromatic heterocycles. The summed E-state index contributed by atoms with van der Waals surface area (Å²) in [6, 6.07) is 0. The van der Waals surface area contributed by atoms with Gasteiger partial charge in [0.05, 0.1) is 5.01 Å². The lowest BCUT2D eigenvalue weighted by molar-refractivity contribution is 0.308. The van der Waals surface area contributed by atoms with Crippen LogP contribution in [-0.4, -0.2) is 36.1 Å². The standard InChI is InChI=1S/C12H23N3S/c1-4-13-9-11-10-14-12(16-11)7-8-15(5-2)6-3/h10,13H,4-9H2,1-3H3. The van der Waals surface area contributed by atoms with E-state index in [1.165, 1.54) is 9.88 Å². The number of thiazole rings is 1. The Bertz CT molecular complexity index is 282. The van der Waals surface area contributed by atoms with Crippen LogP contribution in [0.2, 0.25) is 0 Å². The molecule has 3 nitrogen and oxygen atoms in total. The summed E-state index contributed by atoms with van der Waals surface area (Å²) in [7, 11) is 0. The fourth-order valence-electron chi connectivity index (χ4n) is 1.59. The quantitative estimate of drug-likeness (QED) is 0.756. The third-order valence-corrected chi connectivity index (χ3v) is 3.74. The SMILES string of the molecule is CCNCc1cnc(CCN(CC)CC)s1. The summed E-state index contributed by atoms with van der Waals surface area (Å²) in [5.74, 6) is 0. The summed E-state index contributed by atoms with van der Waals surface area (Å²) >= 11 is 1.84. The second-order valence-electron chi connectivity index (χ2n) is 3.78. The lowest BCUT2D eigenvalue weighted by atomic mass is 10.4. The average Bonchev–Trinajstić information content (AvgIpc) is 2.76. The molecule has 1 heterocycles. The molecule has 4 heteroatoms. The van der Waals surface area contributed by atoms with Gasteiger partial charge in [0.1, 0.15) is 0 Å². The second-order valence-corrected chi connectivity index (χ2v) is 4.98. The number of rotatable bonds is 8. The molecule has 0 aliphatic carbocycles. The van der Waals surface area contributed by atoms with Gasteiger partial charge in [0.25, 0.3) is 0 Å². The largest absolute Gasteiger partial charge is 0.312 e. The van der Waals surface area contributed by atoms with Gasteiger partial charge in [-0.1, -0.05) is 20.8 Å². The third-order valence-electron chi connectivity index (χ3n) is 2.69. The zero-order valence-electron chi connectivity index (χ0n) is 10.6. The van der Waals surface area contributed by atoms with E-state index < -0.39 is 0 Å². The van der Waals surface area contributed by atoms with Crippen LogP contribution >= 0.6 is 11.3 Å². The molecule has 0 spiro atoms. The Hall–Kier alpha value is -0.450. The van der Waals surface area contributed by atoms with E-state index in [1.807, 2.05) is 17.5 Å². The smallest absolute Gasteiger partial charge is 0.0940 e. The molecule has 0 aromatic carbocycles. The number of aromatic nitrogens is 1. The molecule has 0 atom stereocenters. The first kappa shape index (κ1) is 13.6. The van der Waals surface area contributed by atoms with Gasteiger partial charge in [0.2, 0.25) is 0 Å². The molecule has 92 valence electrons. The second kappa shape index (κ2) is 7.76. The van der Waals surface area contributed by atoms with Gasteiger partial charge in [-0.15, -0.1) is 11.3 Å². The van der Waals surface area contributed by atoms with Gasteiger partial charge in [-0.3, -0.25) is 0 Å². The molecule has 0 saturated carbocycles. The average molecular weight is 241 g/mol. The molecular formula is C12H23N3S. The Kier molecular flexibility index (Phi) is 6.61. The van der Waals surface area contributed by atoms with Crippen LogP contribution in [0.5, 0.6) is 0 Å². The van der Waals surface area contributed by atoms with Crippen molar-refractivity contribution in [1.29, 1.82) is 0 Å². The number of nitrogens with one attached hydrogen (secondary N) is 1. The van der Waals surface area contributed by atoms with Crippen molar-refractivity contribution in [3.63, 3.8) is 0 Å². The molecular weight excluding hydrogens is 218 g/mol. The van der Waals surface area contributed by atoms with Crippen molar-refractivity contribution in [2.24, 2.45) is 0 Å². The van der Waals surface area contributed by atoms with Crippen LogP contribution in [0.25, 0.3) is 0 Å². The molecule has 0 fully saturated rings. The molecule has 0 unspecified atom stereocenters. The topological polar surface area (TPSA) is 28.2 Å². The first-order valence-corrected chi connectivity index (χ1v) is 6.98. The predicted molar refractivity (Wildman–Crippen MR) is 71.0 cm³/mol. The highest BCUT2D eigenvalue weighted by Gasteiger charge is 2.04. The van der Waals surface area contributed by atoms with Crippen molar-refractivity contribution in [2.75, 3.05) is 26.2 Å². The number of likely N-dealkylation sites (N-methyl/N-ethyl adjacent to an activating group) is 1. The monoisotopic (exact) mass is 241 g/mol. The number of hydrogen-bond acceptors (Lipinski definition) is 4. The minimum absolute atomic E-state index is 0.958. The highest BCUT2D eigenvalue weighted by atomic mass is 32.1. The van der Waals surface area contributed by atoms with Gasteiger partial charge in [0.15, 0.2) is 0 Å². The van der Waals surface area contributed by atoms with E-state index in [1.54, 1.807) is 0 Å². The highest BCUT2D eigenvalue weighted by Crippen LogP contribution is 2.13. The summed E-state index contributed by atoms with van der Waals surface area (Å²) in [4.78, 5) is 8.24. The van der Waals surface area contributed by atoms with Gasteiger partial charge in [-0.2, -0.15) is 0 Å². The van der Waals surface area contributed by atoms with Crippen LogP contribution in [0.4, 0.5) is 0 Å². The van der Waals surface area contributed by atoms with Crippen LogP contribution in [0.15, 0.2) is 6.20 Å². The van der Waals surface area contributed by atoms with Crippen LogP contribution in [-0.2, 0) is 13.0 Å². The van der Waals surface area contributed by atoms with E-state index >= 15 is 0 Å². The molecule has 1 N–H and O–H groups in total. The molecule has 0 bridgehead atoms. The van der Waals surface area contributed by atoms with Gasteiger partial charge < -0.3 is 10.2 Å². The maximum absolute atomic E-state index is 4.46. The molecule has 16 heavy (non-hydrogen) atoms. The molecule has 0 aliphatic rings. The molecule has 0 saturated heterocycles. The molecule has 0 amide bonds. The normalized spacial score (nSPS) is 11.2. The van der Waals surface area contributed by atoms with Crippen molar-refractivity contribution in [1.82, 2.24) is 15.2 Å². The van der Waals surface area contributed by atoms with Crippen LogP contribution in [0.3, 0.4) is 0 Å². The third kappa shape index (κ3) is 4.60. The zero-order chi connectivity index (χ0) is 11.8. The van der Waals surface area contributed by atoms with Crippen molar-refractivity contribution < 1.29 is 0 Å². The molecule has 1 aromatic rings. The van der Waals surface area contributed by atoms with Gasteiger partial charge >= 0.3 is 0 Å². The maximum Gasteiger partial charge on any atom is 0.0940 e. The highest BCUT2D eigenvalue weighted by molar-refractivity contribution is 7.11. The first-order chi connectivity index (χ1) is 7.80. The van der Waals surface area contributed by atoms with E-state index in [0.29, 0.717) is 0 Å². The van der Waals surface area contributed by atoms with E-state index in [9.17, 15) is 0 Å². The van der Waals surface area contributed by atoms with Crippen molar-refractivity contribution in [3.05, 3.63) is 16.1 Å². The van der Waals surface area contributed by atoms with Gasteiger partial charge in [-0.05, 0) is 19.6 Å². The van der Waals surface area contributed by atoms with Gasteiger partial charge in [-0.25, -0.2) is 4.98 Å². The fraction of sp³-hybridized carbons (Fsp3) is 0.750. The predicted octanol–water partition coefficient (Wildman–Crippen LogP) is 2.14. The minimum Gasteiger partial charge on any atom is -0.312 e. The molecule has 1 rings (SSSR count). The van der Waals surface area contributed by atoms with Crippen LogP contribution < -0.4 is 5.32 Å². The Morgan fingerprint density at radius 2 is 2.06 bits per heavy atom. The lowest BCUT2D eigenvalue weighted by Crippen LogP contribution is -2.25. The van der Waals surface area contributed by atoms with Gasteiger partial charge in [0, 0.05) is 30.6 Å². The summed E-state index contributed by atoms with van der Waals surface area (Å²) in [6.45, 7) is 11.9. The van der Waals surface area contributed by atoms with Crippen molar-refractivity contribution in [3.8, 4) is 0 Å². The van der Waals surface area contributed by atoms with E-state index in [4.69, 9.17) is 0 Å². The van der Waals surface area contributed by atoms with Crippen LogP contribution in [0.1, 0.15) is 30.7 Å². The molecule has 0 radical (unpaired) electrons. The minimum atomic E-state index is 0.958. The summed E-state index contributed by atoms with van der Waals surface area (Å²) in [5.41, 5.74) is 0. The molecule has 0 aliphatic heterocycles. The summed E-state index contributed by atoms with van der Waals surface area (Å²) < 4.78 is 0. The Morgan fingerprint density at radius 3 is 2.69 bits per heavy atom. The zero-order valence-corrected chi connectivity index (χ0v) is 11.4. The van der Waals surface area contributed by atoms with Crippen molar-refractivity contribution >= 4 is 11.3 Å². The fourth-order valence-corrected chi connectivity index (χ4v) is 2.47. The van der Waals surface area contributed by atoms with E-state index in [-0.39, 0.29) is 0 Å². The van der Waals surface area contributed by atoms with E-state index in [2.05, 4.69) is 36.0 Å². The maximum atomic E-state index is 4.46. The summed E-state index contributed by atoms with van der Waals surface area (Å²) in [5, 5.41) is 4.59. The summed E-state index contributed by atoms with van der Waals surface area (Å²) in [6.07, 6.45) is 3.09. The Morgan fingerprint density at radius 1 is 1.31 bits per heavy atom. The lowest BCUT2D eigenvalue weighted by Gasteiger charge is -2.16. The number of nitrogens with zero attached hydrogens (tertiary/aromatic N) is 2. The van der Waals surface area contributed by atoms with Crippen LogP contribution in [0, 0.1) is 0 Å².